The van der Waals surface area contributed by atoms with E-state index < -0.39 is 0 Å². The molecule has 0 amide bonds. The van der Waals surface area contributed by atoms with Gasteiger partial charge in [-0.15, -0.1) is 0 Å². The first-order chi connectivity index (χ1) is 7.09. The van der Waals surface area contributed by atoms with Crippen LogP contribution in [0.3, 0.4) is 0 Å². The standard InChI is InChI=1S/C13H20N2/c1-11(2)8-9-14-12-6-5-7-13(10-12)15(3)4/h5-8,10,14H,9H2,1-4H3. The van der Waals surface area contributed by atoms with E-state index in [2.05, 4.69) is 68.5 Å². The minimum Gasteiger partial charge on any atom is -0.382 e. The Kier molecular flexibility index (Phi) is 4.22. The van der Waals surface area contributed by atoms with Gasteiger partial charge in [-0.2, -0.15) is 0 Å². The summed E-state index contributed by atoms with van der Waals surface area (Å²) in [5.41, 5.74) is 3.72. The van der Waals surface area contributed by atoms with Crippen LogP contribution >= 0.6 is 0 Å². The zero-order chi connectivity index (χ0) is 11.3. The van der Waals surface area contributed by atoms with Crippen LogP contribution in [0, 0.1) is 0 Å². The molecule has 0 heterocycles. The first-order valence-corrected chi connectivity index (χ1v) is 5.24. The van der Waals surface area contributed by atoms with Crippen LogP contribution in [0.4, 0.5) is 11.4 Å². The molecule has 0 saturated heterocycles. The second-order valence-corrected chi connectivity index (χ2v) is 4.11. The monoisotopic (exact) mass is 204 g/mol. The third-order valence-electron chi connectivity index (χ3n) is 2.18. The third-order valence-corrected chi connectivity index (χ3v) is 2.18. The van der Waals surface area contributed by atoms with Gasteiger partial charge in [-0.1, -0.05) is 17.7 Å². The molecule has 1 aromatic rings. The van der Waals surface area contributed by atoms with E-state index in [-0.39, 0.29) is 0 Å². The summed E-state index contributed by atoms with van der Waals surface area (Å²) in [7, 11) is 4.10. The Labute approximate surface area is 92.6 Å². The lowest BCUT2D eigenvalue weighted by atomic mass is 10.2. The number of hydrogen-bond acceptors (Lipinski definition) is 2. The van der Waals surface area contributed by atoms with E-state index in [1.165, 1.54) is 16.9 Å². The van der Waals surface area contributed by atoms with E-state index in [1.807, 2.05) is 0 Å². The fraction of sp³-hybridized carbons (Fsp3) is 0.385. The SMILES string of the molecule is CC(C)=CCNc1cccc(N(C)C)c1. The number of hydrogen-bond donors (Lipinski definition) is 1. The van der Waals surface area contributed by atoms with Crippen LogP contribution in [0.2, 0.25) is 0 Å². The van der Waals surface area contributed by atoms with E-state index in [4.69, 9.17) is 0 Å². The number of allylic oxidation sites excluding steroid dienone is 1. The molecule has 1 aromatic carbocycles. The second kappa shape index (κ2) is 5.44. The molecule has 0 unspecified atom stereocenters. The first kappa shape index (κ1) is 11.6. The van der Waals surface area contributed by atoms with Gasteiger partial charge in [0.25, 0.3) is 0 Å². The number of nitrogens with zero attached hydrogens (tertiary/aromatic N) is 1. The molecule has 2 nitrogen and oxygen atoms in total. The van der Waals surface area contributed by atoms with E-state index in [9.17, 15) is 0 Å². The van der Waals surface area contributed by atoms with Gasteiger partial charge in [0.1, 0.15) is 0 Å². The predicted molar refractivity (Wildman–Crippen MR) is 68.7 cm³/mol. The fourth-order valence-corrected chi connectivity index (χ4v) is 1.27. The Balaban J connectivity index is 2.62. The summed E-state index contributed by atoms with van der Waals surface area (Å²) in [6.07, 6.45) is 2.18. The predicted octanol–water partition coefficient (Wildman–Crippen LogP) is 3.13. The molecular formula is C13H20N2. The molecule has 0 aromatic heterocycles. The van der Waals surface area contributed by atoms with Crippen molar-refractivity contribution < 1.29 is 0 Å². The van der Waals surface area contributed by atoms with Crippen LogP contribution in [0.15, 0.2) is 35.9 Å². The Morgan fingerprint density at radius 2 is 2.07 bits per heavy atom. The summed E-state index contributed by atoms with van der Waals surface area (Å²) in [4.78, 5) is 2.10. The van der Waals surface area contributed by atoms with E-state index in [0.29, 0.717) is 0 Å². The highest BCUT2D eigenvalue weighted by Gasteiger charge is 1.95. The van der Waals surface area contributed by atoms with Gasteiger partial charge in [0.15, 0.2) is 0 Å². The average Bonchev–Trinajstić information content (AvgIpc) is 2.17. The van der Waals surface area contributed by atoms with Crippen molar-refractivity contribution in [3.8, 4) is 0 Å². The molecule has 1 N–H and O–H groups in total. The Morgan fingerprint density at radius 1 is 1.33 bits per heavy atom. The van der Waals surface area contributed by atoms with E-state index in [1.54, 1.807) is 0 Å². The molecule has 0 fully saturated rings. The summed E-state index contributed by atoms with van der Waals surface area (Å²) in [5.74, 6) is 0. The van der Waals surface area contributed by atoms with Crippen molar-refractivity contribution in [2.75, 3.05) is 30.9 Å². The largest absolute Gasteiger partial charge is 0.382 e. The first-order valence-electron chi connectivity index (χ1n) is 5.24. The molecule has 15 heavy (non-hydrogen) atoms. The van der Waals surface area contributed by atoms with Crippen molar-refractivity contribution in [1.82, 2.24) is 0 Å². The van der Waals surface area contributed by atoms with Gasteiger partial charge in [0.2, 0.25) is 0 Å². The van der Waals surface area contributed by atoms with Crippen LogP contribution in [-0.4, -0.2) is 20.6 Å². The summed E-state index contributed by atoms with van der Waals surface area (Å²) in [6.45, 7) is 5.11. The summed E-state index contributed by atoms with van der Waals surface area (Å²) >= 11 is 0. The van der Waals surface area contributed by atoms with Crippen LogP contribution in [0.5, 0.6) is 0 Å². The molecule has 0 atom stereocenters. The van der Waals surface area contributed by atoms with Gasteiger partial charge in [-0.3, -0.25) is 0 Å². The molecule has 0 aliphatic heterocycles. The minimum atomic E-state index is 0.888. The van der Waals surface area contributed by atoms with Crippen molar-refractivity contribution in [3.63, 3.8) is 0 Å². The van der Waals surface area contributed by atoms with Gasteiger partial charge < -0.3 is 10.2 Å². The number of rotatable bonds is 4. The van der Waals surface area contributed by atoms with E-state index in [0.717, 1.165) is 6.54 Å². The summed E-state index contributed by atoms with van der Waals surface area (Å²) in [5, 5.41) is 3.37. The molecule has 1 rings (SSSR count). The molecule has 0 aliphatic rings. The van der Waals surface area contributed by atoms with Crippen molar-refractivity contribution >= 4 is 11.4 Å². The molecule has 82 valence electrons. The maximum Gasteiger partial charge on any atom is 0.0381 e. The van der Waals surface area contributed by atoms with Gasteiger partial charge >= 0.3 is 0 Å². The lowest BCUT2D eigenvalue weighted by Crippen LogP contribution is -2.09. The number of anilines is 2. The van der Waals surface area contributed by atoms with Gasteiger partial charge in [0, 0.05) is 32.0 Å². The number of nitrogens with one attached hydrogen (secondary N) is 1. The van der Waals surface area contributed by atoms with Gasteiger partial charge in [-0.05, 0) is 32.0 Å². The fourth-order valence-electron chi connectivity index (χ4n) is 1.27. The van der Waals surface area contributed by atoms with Crippen LogP contribution in [-0.2, 0) is 0 Å². The lowest BCUT2D eigenvalue weighted by Gasteiger charge is -2.13. The number of benzene rings is 1. The topological polar surface area (TPSA) is 15.3 Å². The van der Waals surface area contributed by atoms with E-state index >= 15 is 0 Å². The van der Waals surface area contributed by atoms with Gasteiger partial charge in [0.05, 0.1) is 0 Å². The quantitative estimate of drug-likeness (QED) is 0.758. The van der Waals surface area contributed by atoms with Crippen LogP contribution < -0.4 is 10.2 Å². The van der Waals surface area contributed by atoms with Crippen molar-refractivity contribution in [3.05, 3.63) is 35.9 Å². The Hall–Kier alpha value is -1.44. The highest BCUT2D eigenvalue weighted by atomic mass is 15.1. The maximum atomic E-state index is 3.37. The minimum absolute atomic E-state index is 0.888. The summed E-state index contributed by atoms with van der Waals surface area (Å²) < 4.78 is 0. The Bertz CT molecular complexity index is 336. The molecule has 2 heteroatoms. The van der Waals surface area contributed by atoms with Crippen molar-refractivity contribution in [2.45, 2.75) is 13.8 Å². The molecule has 0 spiro atoms. The maximum absolute atomic E-state index is 3.37. The highest BCUT2D eigenvalue weighted by molar-refractivity contribution is 5.57. The smallest absolute Gasteiger partial charge is 0.0381 e. The van der Waals surface area contributed by atoms with Crippen LogP contribution in [0.25, 0.3) is 0 Å². The average molecular weight is 204 g/mol. The molecule has 0 aliphatic carbocycles. The van der Waals surface area contributed by atoms with Crippen molar-refractivity contribution in [1.29, 1.82) is 0 Å². The Morgan fingerprint density at radius 3 is 2.67 bits per heavy atom. The summed E-state index contributed by atoms with van der Waals surface area (Å²) in [6, 6.07) is 8.41. The van der Waals surface area contributed by atoms with Gasteiger partial charge in [-0.25, -0.2) is 0 Å². The molecule has 0 saturated carbocycles. The highest BCUT2D eigenvalue weighted by Crippen LogP contribution is 2.16. The normalized spacial score (nSPS) is 9.60. The van der Waals surface area contributed by atoms with Crippen molar-refractivity contribution in [2.24, 2.45) is 0 Å². The zero-order valence-electron chi connectivity index (χ0n) is 10.0. The molecule has 0 radical (unpaired) electrons. The third kappa shape index (κ3) is 4.07. The second-order valence-electron chi connectivity index (χ2n) is 4.11. The zero-order valence-corrected chi connectivity index (χ0v) is 10.0. The molecule has 0 bridgehead atoms. The lowest BCUT2D eigenvalue weighted by molar-refractivity contribution is 1.13. The van der Waals surface area contributed by atoms with Crippen LogP contribution in [0.1, 0.15) is 13.8 Å². The molecular weight excluding hydrogens is 184 g/mol.